The standard InChI is InChI=1S/C16H17Cl2N3OS/c17-11-7-4-8-12(14(11)18)23-13-9-19-15(16(22)21-13)20-10-5-2-1-3-6-10/h4,7-10H,1-3,5-6H2,(H,19,20)(H,21,22). The Labute approximate surface area is 149 Å². The van der Waals surface area contributed by atoms with Crippen LogP contribution in [0.5, 0.6) is 0 Å². The first-order chi connectivity index (χ1) is 11.1. The summed E-state index contributed by atoms with van der Waals surface area (Å²) in [6, 6.07) is 5.75. The highest BCUT2D eigenvalue weighted by molar-refractivity contribution is 7.99. The summed E-state index contributed by atoms with van der Waals surface area (Å²) in [5.74, 6) is 0.387. The molecule has 0 unspecified atom stereocenters. The lowest BCUT2D eigenvalue weighted by Crippen LogP contribution is -2.27. The molecule has 1 aromatic heterocycles. The largest absolute Gasteiger partial charge is 0.363 e. The highest BCUT2D eigenvalue weighted by Gasteiger charge is 2.15. The van der Waals surface area contributed by atoms with E-state index in [1.807, 2.05) is 12.1 Å². The first kappa shape index (κ1) is 16.7. The summed E-state index contributed by atoms with van der Waals surface area (Å²) >= 11 is 13.5. The van der Waals surface area contributed by atoms with E-state index in [1.54, 1.807) is 12.3 Å². The van der Waals surface area contributed by atoms with Crippen molar-refractivity contribution in [3.8, 4) is 0 Å². The average Bonchev–Trinajstić information content (AvgIpc) is 2.55. The maximum absolute atomic E-state index is 12.2. The molecule has 23 heavy (non-hydrogen) atoms. The highest BCUT2D eigenvalue weighted by Crippen LogP contribution is 2.35. The second-order valence-electron chi connectivity index (χ2n) is 5.56. The predicted octanol–water partition coefficient (Wildman–Crippen LogP) is 4.97. The number of aromatic nitrogens is 2. The summed E-state index contributed by atoms with van der Waals surface area (Å²) in [5.41, 5.74) is -0.210. The molecular formula is C16H17Cl2N3OS. The van der Waals surface area contributed by atoms with Gasteiger partial charge < -0.3 is 10.3 Å². The molecule has 0 aliphatic heterocycles. The van der Waals surface area contributed by atoms with Crippen molar-refractivity contribution in [2.24, 2.45) is 0 Å². The number of hydrogen-bond acceptors (Lipinski definition) is 4. The van der Waals surface area contributed by atoms with Gasteiger partial charge in [-0.1, -0.05) is 60.3 Å². The van der Waals surface area contributed by atoms with E-state index in [-0.39, 0.29) is 5.56 Å². The zero-order valence-corrected chi connectivity index (χ0v) is 14.8. The van der Waals surface area contributed by atoms with E-state index < -0.39 is 0 Å². The van der Waals surface area contributed by atoms with E-state index in [9.17, 15) is 4.79 Å². The molecule has 0 atom stereocenters. The fourth-order valence-corrected chi connectivity index (χ4v) is 3.97. The number of halogens is 2. The lowest BCUT2D eigenvalue weighted by molar-refractivity contribution is 0.461. The van der Waals surface area contributed by atoms with Gasteiger partial charge in [0.25, 0.3) is 5.56 Å². The van der Waals surface area contributed by atoms with Gasteiger partial charge in [-0.2, -0.15) is 0 Å². The van der Waals surface area contributed by atoms with E-state index in [4.69, 9.17) is 23.2 Å². The summed E-state index contributed by atoms with van der Waals surface area (Å²) in [6.45, 7) is 0. The average molecular weight is 370 g/mol. The van der Waals surface area contributed by atoms with Crippen molar-refractivity contribution < 1.29 is 0 Å². The van der Waals surface area contributed by atoms with Crippen LogP contribution in [-0.2, 0) is 0 Å². The van der Waals surface area contributed by atoms with Crippen LogP contribution in [0, 0.1) is 0 Å². The molecule has 0 amide bonds. The SMILES string of the molecule is O=c1[nH]c(Sc2cccc(Cl)c2Cl)cnc1NC1CCCCC1. The maximum atomic E-state index is 12.2. The van der Waals surface area contributed by atoms with E-state index in [2.05, 4.69) is 15.3 Å². The van der Waals surface area contributed by atoms with E-state index >= 15 is 0 Å². The molecule has 1 heterocycles. The maximum Gasteiger partial charge on any atom is 0.291 e. The van der Waals surface area contributed by atoms with Crippen molar-refractivity contribution in [1.82, 2.24) is 9.97 Å². The normalized spacial score (nSPS) is 15.6. The monoisotopic (exact) mass is 369 g/mol. The molecule has 0 saturated heterocycles. The summed E-state index contributed by atoms with van der Waals surface area (Å²) in [7, 11) is 0. The Morgan fingerprint density at radius 3 is 2.74 bits per heavy atom. The Hall–Kier alpha value is -1.17. The summed E-state index contributed by atoms with van der Waals surface area (Å²) in [4.78, 5) is 20.1. The molecule has 0 bridgehead atoms. The minimum absolute atomic E-state index is 0.210. The molecule has 1 saturated carbocycles. The minimum atomic E-state index is -0.210. The number of aromatic amines is 1. The van der Waals surface area contributed by atoms with Crippen molar-refractivity contribution in [2.75, 3.05) is 5.32 Å². The molecule has 1 aromatic carbocycles. The molecule has 7 heteroatoms. The van der Waals surface area contributed by atoms with Gasteiger partial charge in [-0.3, -0.25) is 4.79 Å². The Morgan fingerprint density at radius 2 is 2.00 bits per heavy atom. The molecule has 1 fully saturated rings. The predicted molar refractivity (Wildman–Crippen MR) is 95.9 cm³/mol. The minimum Gasteiger partial charge on any atom is -0.363 e. The number of benzene rings is 1. The zero-order valence-electron chi connectivity index (χ0n) is 12.4. The third-order valence-corrected chi connectivity index (χ3v) is 5.76. The number of anilines is 1. The van der Waals surface area contributed by atoms with Crippen LogP contribution in [-0.4, -0.2) is 16.0 Å². The summed E-state index contributed by atoms with van der Waals surface area (Å²) in [5, 5.41) is 4.85. The summed E-state index contributed by atoms with van der Waals surface area (Å²) in [6.07, 6.45) is 7.52. The topological polar surface area (TPSA) is 57.8 Å². The van der Waals surface area contributed by atoms with Crippen molar-refractivity contribution in [1.29, 1.82) is 0 Å². The van der Waals surface area contributed by atoms with Gasteiger partial charge in [0.15, 0.2) is 5.82 Å². The molecule has 1 aliphatic carbocycles. The van der Waals surface area contributed by atoms with Gasteiger partial charge in [0.05, 0.1) is 21.3 Å². The number of nitrogens with zero attached hydrogens (tertiary/aromatic N) is 1. The third-order valence-electron chi connectivity index (χ3n) is 3.84. The van der Waals surface area contributed by atoms with E-state index in [0.717, 1.165) is 17.7 Å². The van der Waals surface area contributed by atoms with E-state index in [1.165, 1.54) is 31.0 Å². The molecule has 122 valence electrons. The second kappa shape index (κ2) is 7.60. The molecular weight excluding hydrogens is 353 g/mol. The van der Waals surface area contributed by atoms with Crippen LogP contribution in [0.25, 0.3) is 0 Å². The van der Waals surface area contributed by atoms with E-state index in [0.29, 0.717) is 26.9 Å². The molecule has 1 aliphatic rings. The van der Waals surface area contributed by atoms with Crippen molar-refractivity contribution in [3.63, 3.8) is 0 Å². The number of nitrogens with one attached hydrogen (secondary N) is 2. The van der Waals surface area contributed by atoms with Crippen LogP contribution in [0.3, 0.4) is 0 Å². The van der Waals surface area contributed by atoms with Gasteiger partial charge in [-0.15, -0.1) is 0 Å². The van der Waals surface area contributed by atoms with Crippen LogP contribution in [0.2, 0.25) is 10.0 Å². The molecule has 0 radical (unpaired) electrons. The lowest BCUT2D eigenvalue weighted by Gasteiger charge is -2.22. The summed E-state index contributed by atoms with van der Waals surface area (Å²) < 4.78 is 0. The van der Waals surface area contributed by atoms with Gasteiger partial charge in [0.2, 0.25) is 0 Å². The Bertz CT molecular complexity index is 744. The zero-order chi connectivity index (χ0) is 16.2. The Balaban J connectivity index is 1.74. The fraction of sp³-hybridized carbons (Fsp3) is 0.375. The van der Waals surface area contributed by atoms with Crippen LogP contribution in [0.15, 0.2) is 39.1 Å². The molecule has 4 nitrogen and oxygen atoms in total. The van der Waals surface area contributed by atoms with Gasteiger partial charge >= 0.3 is 0 Å². The number of rotatable bonds is 4. The Kier molecular flexibility index (Phi) is 5.51. The van der Waals surface area contributed by atoms with Gasteiger partial charge in [-0.05, 0) is 25.0 Å². The smallest absolute Gasteiger partial charge is 0.291 e. The first-order valence-corrected chi connectivity index (χ1v) is 9.18. The van der Waals surface area contributed by atoms with Crippen LogP contribution >= 0.6 is 35.0 Å². The molecule has 2 N–H and O–H groups in total. The van der Waals surface area contributed by atoms with Gasteiger partial charge in [0.1, 0.15) is 0 Å². The van der Waals surface area contributed by atoms with Gasteiger partial charge in [0, 0.05) is 10.9 Å². The van der Waals surface area contributed by atoms with Crippen LogP contribution in [0.4, 0.5) is 5.82 Å². The third kappa shape index (κ3) is 4.22. The van der Waals surface area contributed by atoms with Crippen molar-refractivity contribution in [3.05, 3.63) is 44.8 Å². The second-order valence-corrected chi connectivity index (χ2v) is 7.43. The number of hydrogen-bond donors (Lipinski definition) is 2. The van der Waals surface area contributed by atoms with Crippen molar-refractivity contribution in [2.45, 2.75) is 48.1 Å². The number of H-pyrrole nitrogens is 1. The molecule has 3 rings (SSSR count). The molecule has 0 spiro atoms. The van der Waals surface area contributed by atoms with Crippen LogP contribution < -0.4 is 10.9 Å². The van der Waals surface area contributed by atoms with Gasteiger partial charge in [-0.25, -0.2) is 4.98 Å². The lowest BCUT2D eigenvalue weighted by atomic mass is 9.96. The fourth-order valence-electron chi connectivity index (χ4n) is 2.66. The quantitative estimate of drug-likeness (QED) is 0.798. The van der Waals surface area contributed by atoms with Crippen molar-refractivity contribution >= 4 is 40.8 Å². The first-order valence-electron chi connectivity index (χ1n) is 7.61. The molecule has 2 aromatic rings. The van der Waals surface area contributed by atoms with Crippen LogP contribution in [0.1, 0.15) is 32.1 Å². The Morgan fingerprint density at radius 1 is 1.22 bits per heavy atom. The highest BCUT2D eigenvalue weighted by atomic mass is 35.5.